The van der Waals surface area contributed by atoms with Crippen molar-refractivity contribution in [2.24, 2.45) is 5.73 Å². The number of rotatable bonds is 5. The third-order valence-corrected chi connectivity index (χ3v) is 10.1. The predicted octanol–water partition coefficient (Wildman–Crippen LogP) is 6.91. The third-order valence-electron chi connectivity index (χ3n) is 8.41. The van der Waals surface area contributed by atoms with Crippen molar-refractivity contribution in [3.05, 3.63) is 84.6 Å². The van der Waals surface area contributed by atoms with Gasteiger partial charge in [-0.2, -0.15) is 10.6 Å². The Labute approximate surface area is 276 Å². The smallest absolute Gasteiger partial charge is 0.165 e. The lowest BCUT2D eigenvalue weighted by Crippen LogP contribution is -2.43. The van der Waals surface area contributed by atoms with E-state index in [4.69, 9.17) is 21.4 Å². The molecule has 1 aliphatic carbocycles. The molecule has 6 N–H and O–H groups in total. The van der Waals surface area contributed by atoms with E-state index in [2.05, 4.69) is 46.3 Å². The van der Waals surface area contributed by atoms with E-state index in [1.165, 1.54) is 0 Å². The van der Waals surface area contributed by atoms with Gasteiger partial charge in [-0.25, -0.2) is 15.0 Å². The zero-order valence-corrected chi connectivity index (χ0v) is 27.1. The second-order valence-electron chi connectivity index (χ2n) is 11.1. The summed E-state index contributed by atoms with van der Waals surface area (Å²) in [6.45, 7) is 1.22. The summed E-state index contributed by atoms with van der Waals surface area (Å²) >= 11 is 0. The number of hydrogen-bond donors (Lipinski definition) is 4. The molecule has 7 rings (SSSR count). The van der Waals surface area contributed by atoms with E-state index in [1.807, 2.05) is 41.0 Å². The molecule has 1 saturated heterocycles. The first-order valence-electron chi connectivity index (χ1n) is 13.9. The van der Waals surface area contributed by atoms with Crippen LogP contribution in [0.15, 0.2) is 79.0 Å². The number of aromatic nitrogens is 4. The van der Waals surface area contributed by atoms with Crippen molar-refractivity contribution < 1.29 is 9.11 Å². The summed E-state index contributed by atoms with van der Waals surface area (Å²) in [6, 6.07) is 24.4. The van der Waals surface area contributed by atoms with Crippen LogP contribution in [0.3, 0.4) is 0 Å². The second kappa shape index (κ2) is 13.1. The van der Waals surface area contributed by atoms with Gasteiger partial charge in [-0.3, -0.25) is 13.7 Å². The fourth-order valence-electron chi connectivity index (χ4n) is 5.79. The minimum absolute atomic E-state index is 0. The predicted molar refractivity (Wildman–Crippen MR) is 188 cm³/mol. The van der Waals surface area contributed by atoms with E-state index < -0.39 is 10.6 Å². The average Bonchev–Trinajstić information content (AvgIpc) is 3.35. The molecule has 5 aromatic rings. The molecule has 0 amide bonds. The molecule has 2 fully saturated rings. The molecule has 0 radical (unpaired) electrons. The van der Waals surface area contributed by atoms with Crippen molar-refractivity contribution >= 4 is 70.5 Å². The standard InChI is InChI=1S/C31H33N7O2S.3ClH/c32-28-25(6-2-15-34-28)29-36-27-12-11-26(21-4-1-5-24(20-21)37-16-18-41(39,40)19-17-37)35-30(27)38(29)23-9-7-22(8-10-23)31(33)13-3-14-31;;;/h1-2,4-12,15,20,39-40H,3,13-14,16-19,33H2,(H2,32,34);3*1H. The molecule has 0 atom stereocenters. The van der Waals surface area contributed by atoms with Gasteiger partial charge in [0, 0.05) is 41.8 Å². The first kappa shape index (κ1) is 33.8. The quantitative estimate of drug-likeness (QED) is 0.158. The summed E-state index contributed by atoms with van der Waals surface area (Å²) in [5.41, 5.74) is 19.8. The van der Waals surface area contributed by atoms with E-state index in [-0.39, 0.29) is 42.8 Å². The van der Waals surface area contributed by atoms with Crippen LogP contribution >= 0.6 is 47.8 Å². The summed E-state index contributed by atoms with van der Waals surface area (Å²) < 4.78 is 22.1. The van der Waals surface area contributed by atoms with Crippen molar-refractivity contribution in [2.75, 3.05) is 35.2 Å². The monoisotopic (exact) mass is 675 g/mol. The summed E-state index contributed by atoms with van der Waals surface area (Å²) in [5.74, 6) is 1.87. The van der Waals surface area contributed by atoms with Gasteiger partial charge in [0.15, 0.2) is 11.5 Å². The van der Waals surface area contributed by atoms with E-state index in [9.17, 15) is 9.11 Å². The number of hydrogen-bond acceptors (Lipinski definition) is 8. The van der Waals surface area contributed by atoms with Crippen LogP contribution in [-0.2, 0) is 5.54 Å². The Morgan fingerprint density at radius 3 is 2.20 bits per heavy atom. The van der Waals surface area contributed by atoms with Gasteiger partial charge >= 0.3 is 0 Å². The lowest BCUT2D eigenvalue weighted by Gasteiger charge is -2.42. The first-order valence-corrected chi connectivity index (χ1v) is 15.8. The van der Waals surface area contributed by atoms with Crippen LogP contribution in [0.4, 0.5) is 11.5 Å². The highest BCUT2D eigenvalue weighted by Crippen LogP contribution is 2.42. The molecule has 0 unspecified atom stereocenters. The van der Waals surface area contributed by atoms with Gasteiger partial charge in [0.2, 0.25) is 0 Å². The SMILES string of the molecule is Cl.Cl.Cl.Nc1ncccc1-c1nc2ccc(-c3cccc(N4CCS(O)(O)CC4)c3)nc2n1-c1ccc(C2(N)CCC2)cc1. The highest BCUT2D eigenvalue weighted by molar-refractivity contribution is 8.24. The van der Waals surface area contributed by atoms with Gasteiger partial charge in [0.25, 0.3) is 0 Å². The van der Waals surface area contributed by atoms with Crippen molar-refractivity contribution in [1.82, 2.24) is 19.5 Å². The molecule has 1 saturated carbocycles. The van der Waals surface area contributed by atoms with Crippen molar-refractivity contribution in [1.29, 1.82) is 0 Å². The number of benzene rings is 2. The molecule has 0 spiro atoms. The number of nitrogens with two attached hydrogens (primary N) is 2. The van der Waals surface area contributed by atoms with Crippen molar-refractivity contribution in [2.45, 2.75) is 24.8 Å². The van der Waals surface area contributed by atoms with Crippen LogP contribution in [0, 0.1) is 0 Å². The zero-order valence-electron chi connectivity index (χ0n) is 23.9. The highest BCUT2D eigenvalue weighted by Gasteiger charge is 2.34. The Kier molecular flexibility index (Phi) is 10.1. The Hall–Kier alpha value is -3.09. The maximum atomic E-state index is 10.0. The lowest BCUT2D eigenvalue weighted by atomic mass is 9.73. The molecule has 44 heavy (non-hydrogen) atoms. The van der Waals surface area contributed by atoms with Crippen LogP contribution in [0.2, 0.25) is 0 Å². The fourth-order valence-corrected chi connectivity index (χ4v) is 7.02. The number of pyridine rings is 2. The number of anilines is 2. The number of imidazole rings is 1. The van der Waals surface area contributed by atoms with Crippen LogP contribution in [0.25, 0.3) is 39.5 Å². The van der Waals surface area contributed by atoms with E-state index >= 15 is 0 Å². The van der Waals surface area contributed by atoms with Crippen LogP contribution in [0.5, 0.6) is 0 Å². The van der Waals surface area contributed by atoms with E-state index in [0.717, 1.165) is 64.2 Å². The first-order chi connectivity index (χ1) is 19.8. The van der Waals surface area contributed by atoms with Gasteiger partial charge < -0.3 is 16.4 Å². The zero-order chi connectivity index (χ0) is 28.2. The van der Waals surface area contributed by atoms with Crippen LogP contribution in [-0.4, -0.2) is 53.2 Å². The maximum absolute atomic E-state index is 10.0. The van der Waals surface area contributed by atoms with Gasteiger partial charge in [-0.15, -0.1) is 37.2 Å². The molecule has 1 aliphatic heterocycles. The van der Waals surface area contributed by atoms with Gasteiger partial charge in [0.05, 0.1) is 22.8 Å². The molecule has 9 nitrogen and oxygen atoms in total. The number of fused-ring (bicyclic) bond motifs is 1. The molecule has 0 bridgehead atoms. The minimum atomic E-state index is -2.46. The lowest BCUT2D eigenvalue weighted by molar-refractivity contribution is 0.253. The largest absolute Gasteiger partial charge is 0.383 e. The van der Waals surface area contributed by atoms with Gasteiger partial charge in [-0.05, 0) is 73.4 Å². The highest BCUT2D eigenvalue weighted by atomic mass is 35.5. The molecule has 4 heterocycles. The average molecular weight is 677 g/mol. The molecular formula is C31H36Cl3N7O2S. The Morgan fingerprint density at radius 1 is 0.818 bits per heavy atom. The van der Waals surface area contributed by atoms with Gasteiger partial charge in [-0.1, -0.05) is 24.3 Å². The summed E-state index contributed by atoms with van der Waals surface area (Å²) in [7, 11) is -2.46. The van der Waals surface area contributed by atoms with Crippen LogP contribution < -0.4 is 16.4 Å². The third kappa shape index (κ3) is 6.21. The Morgan fingerprint density at radius 2 is 1.55 bits per heavy atom. The van der Waals surface area contributed by atoms with Crippen LogP contribution in [0.1, 0.15) is 24.8 Å². The summed E-state index contributed by atoms with van der Waals surface area (Å²) in [6.07, 6.45) is 4.84. The van der Waals surface area contributed by atoms with E-state index in [0.29, 0.717) is 36.2 Å². The number of nitrogen functional groups attached to an aromatic ring is 1. The minimum Gasteiger partial charge on any atom is -0.383 e. The summed E-state index contributed by atoms with van der Waals surface area (Å²) in [5, 5.41) is 0. The molecule has 13 heteroatoms. The molecule has 2 aliphatic rings. The van der Waals surface area contributed by atoms with Crippen molar-refractivity contribution in [3.8, 4) is 28.3 Å². The van der Waals surface area contributed by atoms with Crippen molar-refractivity contribution in [3.63, 3.8) is 0 Å². The molecule has 234 valence electrons. The van der Waals surface area contributed by atoms with E-state index in [1.54, 1.807) is 6.20 Å². The normalized spacial score (nSPS) is 17.4. The fraction of sp³-hybridized carbons (Fsp3) is 0.258. The maximum Gasteiger partial charge on any atom is 0.165 e. The number of halogens is 3. The summed E-state index contributed by atoms with van der Waals surface area (Å²) in [4.78, 5) is 16.6. The molecule has 3 aromatic heterocycles. The number of nitrogens with zero attached hydrogens (tertiary/aromatic N) is 5. The molecule has 2 aromatic carbocycles. The Balaban J connectivity index is 0.00000147. The molecular weight excluding hydrogens is 641 g/mol. The topological polar surface area (TPSA) is 139 Å². The van der Waals surface area contributed by atoms with Gasteiger partial charge in [0.1, 0.15) is 11.3 Å². The Bertz CT molecular complexity index is 1750. The second-order valence-corrected chi connectivity index (χ2v) is 13.5.